The Morgan fingerprint density at radius 2 is 1.87 bits per heavy atom. The fourth-order valence-corrected chi connectivity index (χ4v) is 1.77. The van der Waals surface area contributed by atoms with Crippen molar-refractivity contribution in [1.82, 2.24) is 5.48 Å². The summed E-state index contributed by atoms with van der Waals surface area (Å²) < 4.78 is 15.1. The van der Waals surface area contributed by atoms with Gasteiger partial charge in [0.05, 0.1) is 27.2 Å². The predicted molar refractivity (Wildman–Crippen MR) is 83.4 cm³/mol. The lowest BCUT2D eigenvalue weighted by Crippen LogP contribution is -2.28. The van der Waals surface area contributed by atoms with Crippen LogP contribution in [0, 0.1) is 0 Å². The van der Waals surface area contributed by atoms with E-state index < -0.39 is 12.1 Å². The highest BCUT2D eigenvalue weighted by molar-refractivity contribution is 5.73. The normalized spacial score (nSPS) is 9.87. The molecule has 1 amide bonds. The predicted octanol–water partition coefficient (Wildman–Crippen LogP) is 2.62. The molecule has 1 rings (SSSR count). The van der Waals surface area contributed by atoms with E-state index in [9.17, 15) is 9.59 Å². The van der Waals surface area contributed by atoms with Crippen LogP contribution in [-0.4, -0.2) is 32.9 Å². The van der Waals surface area contributed by atoms with Gasteiger partial charge in [0, 0.05) is 0 Å². The summed E-state index contributed by atoms with van der Waals surface area (Å²) in [5.74, 6) is 0.665. The van der Waals surface area contributed by atoms with Crippen molar-refractivity contribution in [1.29, 1.82) is 0 Å². The van der Waals surface area contributed by atoms with Crippen LogP contribution in [-0.2, 0) is 20.8 Å². The van der Waals surface area contributed by atoms with E-state index in [1.165, 1.54) is 0 Å². The molecular weight excluding hydrogens is 302 g/mol. The molecule has 0 saturated carbocycles. The van der Waals surface area contributed by atoms with Gasteiger partial charge in [-0.15, -0.1) is 5.48 Å². The maximum atomic E-state index is 11.6. The van der Waals surface area contributed by atoms with E-state index >= 15 is 0 Å². The third-order valence-corrected chi connectivity index (χ3v) is 3.04. The Labute approximate surface area is 135 Å². The van der Waals surface area contributed by atoms with Gasteiger partial charge < -0.3 is 19.0 Å². The molecule has 0 bridgehead atoms. The van der Waals surface area contributed by atoms with Crippen molar-refractivity contribution < 1.29 is 28.6 Å². The molecule has 0 atom stereocenters. The first-order valence-electron chi connectivity index (χ1n) is 7.44. The van der Waals surface area contributed by atoms with Crippen LogP contribution in [0.3, 0.4) is 0 Å². The van der Waals surface area contributed by atoms with Gasteiger partial charge in [0.15, 0.2) is 11.5 Å². The number of benzene rings is 1. The van der Waals surface area contributed by atoms with Crippen LogP contribution in [0.1, 0.15) is 31.7 Å². The van der Waals surface area contributed by atoms with Crippen molar-refractivity contribution in [2.24, 2.45) is 0 Å². The largest absolute Gasteiger partial charge is 0.493 e. The highest BCUT2D eigenvalue weighted by Crippen LogP contribution is 2.27. The third kappa shape index (κ3) is 6.90. The van der Waals surface area contributed by atoms with E-state index in [0.29, 0.717) is 24.5 Å². The molecule has 7 heteroatoms. The molecule has 0 fully saturated rings. The maximum Gasteiger partial charge on any atom is 0.440 e. The number of hydroxylamine groups is 1. The SMILES string of the molecule is CCCCOC(=O)NOC(=O)CCc1ccc(OC)c(OC)c1. The van der Waals surface area contributed by atoms with E-state index in [-0.39, 0.29) is 6.42 Å². The van der Waals surface area contributed by atoms with Crippen molar-refractivity contribution in [3.05, 3.63) is 23.8 Å². The summed E-state index contributed by atoms with van der Waals surface area (Å²) in [6, 6.07) is 5.39. The fraction of sp³-hybridized carbons (Fsp3) is 0.500. The summed E-state index contributed by atoms with van der Waals surface area (Å²) in [6.45, 7) is 2.28. The van der Waals surface area contributed by atoms with Gasteiger partial charge in [-0.1, -0.05) is 19.4 Å². The minimum atomic E-state index is -0.766. The smallest absolute Gasteiger partial charge is 0.440 e. The quantitative estimate of drug-likeness (QED) is 0.584. The van der Waals surface area contributed by atoms with E-state index in [1.54, 1.807) is 26.4 Å². The number of carbonyl (C=O) groups excluding carboxylic acids is 2. The van der Waals surface area contributed by atoms with Gasteiger partial charge in [0.2, 0.25) is 0 Å². The standard InChI is InChI=1S/C16H23NO6/c1-4-5-10-22-16(19)17-23-15(18)9-7-12-6-8-13(20-2)14(11-12)21-3/h6,8,11H,4-5,7,9-10H2,1-3H3,(H,17,19). The van der Waals surface area contributed by atoms with Crippen LogP contribution >= 0.6 is 0 Å². The van der Waals surface area contributed by atoms with Crippen molar-refractivity contribution in [3.63, 3.8) is 0 Å². The summed E-state index contributed by atoms with van der Waals surface area (Å²) in [4.78, 5) is 27.4. The van der Waals surface area contributed by atoms with E-state index in [0.717, 1.165) is 18.4 Å². The molecule has 0 radical (unpaired) electrons. The molecule has 0 aliphatic carbocycles. The zero-order valence-corrected chi connectivity index (χ0v) is 13.7. The van der Waals surface area contributed by atoms with Gasteiger partial charge in [-0.3, -0.25) is 0 Å². The monoisotopic (exact) mass is 325 g/mol. The Bertz CT molecular complexity index is 517. The zero-order valence-electron chi connectivity index (χ0n) is 13.7. The van der Waals surface area contributed by atoms with Crippen LogP contribution in [0.25, 0.3) is 0 Å². The van der Waals surface area contributed by atoms with Crippen molar-refractivity contribution in [3.8, 4) is 11.5 Å². The summed E-state index contributed by atoms with van der Waals surface area (Å²) in [5.41, 5.74) is 2.86. The van der Waals surface area contributed by atoms with Gasteiger partial charge in [-0.05, 0) is 30.5 Å². The molecule has 0 heterocycles. The second-order valence-corrected chi connectivity index (χ2v) is 4.75. The number of amides is 1. The van der Waals surface area contributed by atoms with E-state index in [1.807, 2.05) is 18.5 Å². The Hall–Kier alpha value is -2.44. The minimum absolute atomic E-state index is 0.116. The lowest BCUT2D eigenvalue weighted by Gasteiger charge is -2.09. The topological polar surface area (TPSA) is 83.1 Å². The molecular formula is C16H23NO6. The van der Waals surface area contributed by atoms with Gasteiger partial charge in [-0.2, -0.15) is 0 Å². The first-order valence-corrected chi connectivity index (χ1v) is 7.44. The molecule has 1 aromatic carbocycles. The first kappa shape index (κ1) is 18.6. The minimum Gasteiger partial charge on any atom is -0.493 e. The zero-order chi connectivity index (χ0) is 17.1. The molecule has 1 aromatic rings. The van der Waals surface area contributed by atoms with Crippen LogP contribution in [0.4, 0.5) is 4.79 Å². The molecule has 0 aliphatic heterocycles. The number of aryl methyl sites for hydroxylation is 1. The molecule has 1 N–H and O–H groups in total. The first-order chi connectivity index (χ1) is 11.1. The average Bonchev–Trinajstić information content (AvgIpc) is 2.58. The number of unbranched alkanes of at least 4 members (excludes halogenated alkanes) is 1. The van der Waals surface area contributed by atoms with Gasteiger partial charge in [0.25, 0.3) is 0 Å². The summed E-state index contributed by atoms with van der Waals surface area (Å²) in [5, 5.41) is 0. The Kier molecular flexibility index (Phi) is 8.34. The maximum absolute atomic E-state index is 11.6. The van der Waals surface area contributed by atoms with Gasteiger partial charge in [0.1, 0.15) is 0 Å². The molecule has 0 unspecified atom stereocenters. The molecule has 23 heavy (non-hydrogen) atoms. The van der Waals surface area contributed by atoms with Crippen LogP contribution < -0.4 is 15.0 Å². The van der Waals surface area contributed by atoms with Crippen molar-refractivity contribution in [2.75, 3.05) is 20.8 Å². The van der Waals surface area contributed by atoms with Crippen molar-refractivity contribution in [2.45, 2.75) is 32.6 Å². The molecule has 7 nitrogen and oxygen atoms in total. The Balaban J connectivity index is 2.34. The lowest BCUT2D eigenvalue weighted by molar-refractivity contribution is -0.149. The number of hydrogen-bond acceptors (Lipinski definition) is 6. The Morgan fingerprint density at radius 3 is 2.52 bits per heavy atom. The average molecular weight is 325 g/mol. The van der Waals surface area contributed by atoms with Gasteiger partial charge >= 0.3 is 12.1 Å². The van der Waals surface area contributed by atoms with Gasteiger partial charge in [-0.25, -0.2) is 9.59 Å². The number of rotatable bonds is 8. The van der Waals surface area contributed by atoms with Crippen LogP contribution in [0.5, 0.6) is 11.5 Å². The summed E-state index contributed by atoms with van der Waals surface area (Å²) in [7, 11) is 3.10. The molecule has 0 saturated heterocycles. The lowest BCUT2D eigenvalue weighted by atomic mass is 10.1. The summed E-state index contributed by atoms with van der Waals surface area (Å²) in [6.07, 6.45) is 1.48. The third-order valence-electron chi connectivity index (χ3n) is 3.04. The molecule has 128 valence electrons. The second kappa shape index (κ2) is 10.3. The number of ether oxygens (including phenoxy) is 3. The van der Waals surface area contributed by atoms with Crippen LogP contribution in [0.15, 0.2) is 18.2 Å². The van der Waals surface area contributed by atoms with Crippen molar-refractivity contribution >= 4 is 12.1 Å². The van der Waals surface area contributed by atoms with Crippen LogP contribution in [0.2, 0.25) is 0 Å². The molecule has 0 aliphatic rings. The van der Waals surface area contributed by atoms with E-state index in [4.69, 9.17) is 14.2 Å². The van der Waals surface area contributed by atoms with E-state index in [2.05, 4.69) is 4.84 Å². The number of methoxy groups -OCH3 is 2. The number of hydrogen-bond donors (Lipinski definition) is 1. The Morgan fingerprint density at radius 1 is 1.13 bits per heavy atom. The fourth-order valence-electron chi connectivity index (χ4n) is 1.77. The molecule has 0 aromatic heterocycles. The highest BCUT2D eigenvalue weighted by atomic mass is 16.7. The highest BCUT2D eigenvalue weighted by Gasteiger charge is 2.10. The second-order valence-electron chi connectivity index (χ2n) is 4.75. The number of nitrogens with one attached hydrogen (secondary N) is 1. The molecule has 0 spiro atoms. The summed E-state index contributed by atoms with van der Waals surface area (Å²) >= 11 is 0. The number of carbonyl (C=O) groups is 2.